The van der Waals surface area contributed by atoms with Gasteiger partial charge < -0.3 is 19.5 Å². The molecule has 8 heteroatoms. The highest BCUT2D eigenvalue weighted by Gasteiger charge is 1.92. The molecule has 0 aliphatic carbocycles. The Morgan fingerprint density at radius 2 is 1.24 bits per heavy atom. The van der Waals surface area contributed by atoms with Gasteiger partial charge in [0.1, 0.15) is 6.73 Å². The minimum atomic E-state index is 0.458. The number of nitrogens with one attached hydrogen (secondary N) is 4. The number of ether oxygens (including phenoxy) is 3. The van der Waals surface area contributed by atoms with E-state index in [1.807, 2.05) is 14.1 Å². The normalized spacial score (nSPS) is 11.1. The van der Waals surface area contributed by atoms with Gasteiger partial charge in [-0.15, -0.1) is 5.59 Å². The van der Waals surface area contributed by atoms with Crippen molar-refractivity contribution < 1.29 is 19.0 Å². The molecule has 0 aliphatic heterocycles. The van der Waals surface area contributed by atoms with Gasteiger partial charge in [0.05, 0.1) is 26.4 Å². The van der Waals surface area contributed by atoms with Crippen LogP contribution >= 0.6 is 0 Å². The fraction of sp³-hybridized carbons (Fsp3) is 1.00. The van der Waals surface area contributed by atoms with Crippen LogP contribution in [0.15, 0.2) is 0 Å². The van der Waals surface area contributed by atoms with Gasteiger partial charge >= 0.3 is 0 Å². The molecule has 0 amide bonds. The van der Waals surface area contributed by atoms with Crippen molar-refractivity contribution in [1.29, 1.82) is 0 Å². The van der Waals surface area contributed by atoms with Crippen LogP contribution in [0.2, 0.25) is 0 Å². The lowest BCUT2D eigenvalue weighted by atomic mass is 10.4. The smallest absolute Gasteiger partial charge is 0.120 e. The second-order valence-corrected chi connectivity index (χ2v) is 4.32. The summed E-state index contributed by atoms with van der Waals surface area (Å²) in [6, 6.07) is 0. The Labute approximate surface area is 128 Å². The lowest BCUT2D eigenvalue weighted by Crippen LogP contribution is -2.35. The summed E-state index contributed by atoms with van der Waals surface area (Å²) in [6.07, 6.45) is 1.94. The van der Waals surface area contributed by atoms with Crippen LogP contribution in [0.25, 0.3) is 0 Å². The molecule has 21 heavy (non-hydrogen) atoms. The Hall–Kier alpha value is -0.320. The van der Waals surface area contributed by atoms with E-state index in [9.17, 15) is 0 Å². The van der Waals surface area contributed by atoms with Gasteiger partial charge in [0.15, 0.2) is 0 Å². The van der Waals surface area contributed by atoms with Gasteiger partial charge in [0.2, 0.25) is 0 Å². The summed E-state index contributed by atoms with van der Waals surface area (Å²) in [6.45, 7) is 6.19. The molecule has 0 heterocycles. The van der Waals surface area contributed by atoms with E-state index < -0.39 is 0 Å². The predicted molar refractivity (Wildman–Crippen MR) is 81.8 cm³/mol. The first kappa shape index (κ1) is 20.7. The molecule has 0 saturated heterocycles. The standard InChI is InChI=1S/C13H32N4O4/c1-14-5-3-7-18-9-11-20-12-10-19-8-4-6-16-17-21-13-15-2/h14-17H,3-13H2,1-2H3. The van der Waals surface area contributed by atoms with Crippen molar-refractivity contribution in [3.8, 4) is 0 Å². The molecule has 0 saturated carbocycles. The lowest BCUT2D eigenvalue weighted by Gasteiger charge is -2.08. The third-order valence-corrected chi connectivity index (χ3v) is 2.41. The molecule has 0 aromatic carbocycles. The average Bonchev–Trinajstić information content (AvgIpc) is 2.50. The summed E-state index contributed by atoms with van der Waals surface area (Å²) < 4.78 is 16.2. The van der Waals surface area contributed by atoms with E-state index in [0.29, 0.717) is 39.8 Å². The molecule has 0 aromatic heterocycles. The van der Waals surface area contributed by atoms with Crippen molar-refractivity contribution in [2.24, 2.45) is 0 Å². The molecular weight excluding hydrogens is 276 g/mol. The second-order valence-electron chi connectivity index (χ2n) is 4.32. The topological polar surface area (TPSA) is 85.0 Å². The summed E-state index contributed by atoms with van der Waals surface area (Å²) in [7, 11) is 3.75. The van der Waals surface area contributed by atoms with E-state index >= 15 is 0 Å². The van der Waals surface area contributed by atoms with Crippen molar-refractivity contribution >= 4 is 0 Å². The molecule has 4 N–H and O–H groups in total. The molecule has 0 aliphatic rings. The molecule has 0 unspecified atom stereocenters. The van der Waals surface area contributed by atoms with E-state index in [2.05, 4.69) is 21.6 Å². The van der Waals surface area contributed by atoms with Crippen LogP contribution in [0.1, 0.15) is 12.8 Å². The van der Waals surface area contributed by atoms with Gasteiger partial charge in [-0.2, -0.15) is 0 Å². The Morgan fingerprint density at radius 3 is 1.81 bits per heavy atom. The van der Waals surface area contributed by atoms with Crippen molar-refractivity contribution in [2.75, 3.05) is 73.6 Å². The quantitative estimate of drug-likeness (QED) is 0.149. The predicted octanol–water partition coefficient (Wildman–Crippen LogP) is -0.761. The molecule has 0 fully saturated rings. The van der Waals surface area contributed by atoms with Crippen molar-refractivity contribution in [3.05, 3.63) is 0 Å². The van der Waals surface area contributed by atoms with Crippen LogP contribution < -0.4 is 21.6 Å². The molecule has 128 valence electrons. The van der Waals surface area contributed by atoms with Crippen molar-refractivity contribution in [1.82, 2.24) is 21.6 Å². The monoisotopic (exact) mass is 308 g/mol. The molecule has 0 bridgehead atoms. The number of hydrazine groups is 1. The van der Waals surface area contributed by atoms with Gasteiger partial charge in [0, 0.05) is 19.8 Å². The minimum absolute atomic E-state index is 0.458. The average molecular weight is 308 g/mol. The molecule has 8 nitrogen and oxygen atoms in total. The zero-order chi connectivity index (χ0) is 15.4. The van der Waals surface area contributed by atoms with Gasteiger partial charge in [-0.05, 0) is 33.5 Å². The van der Waals surface area contributed by atoms with E-state index in [0.717, 1.165) is 32.5 Å². The van der Waals surface area contributed by atoms with Gasteiger partial charge in [-0.1, -0.05) is 0 Å². The molecular formula is C13H32N4O4. The van der Waals surface area contributed by atoms with Crippen LogP contribution in [0.5, 0.6) is 0 Å². The van der Waals surface area contributed by atoms with Gasteiger partial charge in [-0.3, -0.25) is 10.2 Å². The maximum Gasteiger partial charge on any atom is 0.120 e. The Kier molecular flexibility index (Phi) is 19.4. The summed E-state index contributed by atoms with van der Waals surface area (Å²) in [5, 5.41) is 5.92. The summed E-state index contributed by atoms with van der Waals surface area (Å²) in [4.78, 5) is 4.95. The summed E-state index contributed by atoms with van der Waals surface area (Å²) in [5.41, 5.74) is 5.53. The zero-order valence-electron chi connectivity index (χ0n) is 13.4. The molecule has 0 rings (SSSR count). The maximum atomic E-state index is 5.43. The molecule has 0 aromatic rings. The third-order valence-electron chi connectivity index (χ3n) is 2.41. The SMILES string of the molecule is CNCCCOCCOCCOCCCNNOCNC. The molecule has 0 spiro atoms. The Bertz CT molecular complexity index is 172. The zero-order valence-corrected chi connectivity index (χ0v) is 13.4. The Balaban J connectivity index is 2.90. The van der Waals surface area contributed by atoms with Crippen LogP contribution in [0.4, 0.5) is 0 Å². The van der Waals surface area contributed by atoms with Crippen LogP contribution in [-0.4, -0.2) is 73.6 Å². The fourth-order valence-corrected chi connectivity index (χ4v) is 1.37. The highest BCUT2D eigenvalue weighted by molar-refractivity contribution is 4.41. The summed E-state index contributed by atoms with van der Waals surface area (Å²) in [5.74, 6) is 0. The summed E-state index contributed by atoms with van der Waals surface area (Å²) >= 11 is 0. The number of hydrogen-bond donors (Lipinski definition) is 4. The number of hydrogen-bond acceptors (Lipinski definition) is 8. The van der Waals surface area contributed by atoms with Crippen LogP contribution in [0.3, 0.4) is 0 Å². The van der Waals surface area contributed by atoms with E-state index in [1.54, 1.807) is 0 Å². The van der Waals surface area contributed by atoms with Crippen LogP contribution in [-0.2, 0) is 19.0 Å². The van der Waals surface area contributed by atoms with Crippen molar-refractivity contribution in [2.45, 2.75) is 12.8 Å². The first-order valence-corrected chi connectivity index (χ1v) is 7.54. The van der Waals surface area contributed by atoms with E-state index in [1.165, 1.54) is 0 Å². The minimum Gasteiger partial charge on any atom is -0.379 e. The molecule has 0 atom stereocenters. The third kappa shape index (κ3) is 19.7. The largest absolute Gasteiger partial charge is 0.379 e. The fourth-order valence-electron chi connectivity index (χ4n) is 1.37. The highest BCUT2D eigenvalue weighted by atomic mass is 16.7. The maximum absolute atomic E-state index is 5.43. The first-order chi connectivity index (χ1) is 10.4. The first-order valence-electron chi connectivity index (χ1n) is 7.54. The molecule has 0 radical (unpaired) electrons. The second kappa shape index (κ2) is 19.7. The van der Waals surface area contributed by atoms with E-state index in [-0.39, 0.29) is 0 Å². The van der Waals surface area contributed by atoms with Crippen LogP contribution in [0, 0.1) is 0 Å². The highest BCUT2D eigenvalue weighted by Crippen LogP contribution is 1.85. The van der Waals surface area contributed by atoms with Gasteiger partial charge in [0.25, 0.3) is 0 Å². The lowest BCUT2D eigenvalue weighted by molar-refractivity contribution is -0.00193. The number of rotatable bonds is 18. The Morgan fingerprint density at radius 1 is 0.667 bits per heavy atom. The van der Waals surface area contributed by atoms with Crippen molar-refractivity contribution in [3.63, 3.8) is 0 Å². The van der Waals surface area contributed by atoms with E-state index in [4.69, 9.17) is 19.0 Å². The van der Waals surface area contributed by atoms with Gasteiger partial charge in [-0.25, -0.2) is 5.43 Å².